The van der Waals surface area contributed by atoms with Gasteiger partial charge in [0.05, 0.1) is 0 Å². The van der Waals surface area contributed by atoms with E-state index in [0.717, 1.165) is 12.0 Å². The van der Waals surface area contributed by atoms with Crippen LogP contribution in [0.5, 0.6) is 0 Å². The summed E-state index contributed by atoms with van der Waals surface area (Å²) >= 11 is 0. The van der Waals surface area contributed by atoms with Crippen molar-refractivity contribution in [2.75, 3.05) is 0 Å². The number of halogens is 1. The van der Waals surface area contributed by atoms with Crippen molar-refractivity contribution in [2.45, 2.75) is 33.1 Å². The van der Waals surface area contributed by atoms with Crippen LogP contribution in [0.2, 0.25) is 0 Å². The highest BCUT2D eigenvalue weighted by molar-refractivity contribution is 6.01. The van der Waals surface area contributed by atoms with Crippen LogP contribution < -0.4 is 0 Å². The molecule has 0 spiro atoms. The molecule has 110 valence electrons. The quantitative estimate of drug-likeness (QED) is 0.694. The summed E-state index contributed by atoms with van der Waals surface area (Å²) in [5.74, 6) is -0.142. The molecule has 2 atom stereocenters. The molecule has 0 bridgehead atoms. The average Bonchev–Trinajstić information content (AvgIpc) is 2.51. The smallest absolute Gasteiger partial charge is 0.170 e. The van der Waals surface area contributed by atoms with E-state index >= 15 is 0 Å². The minimum atomic E-state index is -0.272. The van der Waals surface area contributed by atoms with Crippen molar-refractivity contribution in [3.63, 3.8) is 0 Å². The molecule has 0 saturated carbocycles. The number of Topliss-reactive ketones (excluding diaryl/α,β-unsaturated/α-hetero) is 1. The fourth-order valence-corrected chi connectivity index (χ4v) is 2.61. The standard InChI is InChI=1S/C19H21FO/c1-4-13(2)18(15-8-6-5-7-9-15)19(21)16-10-11-17(20)14(3)12-16/h5-13,18H,4H2,1-3H3. The van der Waals surface area contributed by atoms with Crippen molar-refractivity contribution in [3.8, 4) is 0 Å². The van der Waals surface area contributed by atoms with Crippen molar-refractivity contribution in [2.24, 2.45) is 5.92 Å². The number of aryl methyl sites for hydroxylation is 1. The lowest BCUT2D eigenvalue weighted by Crippen LogP contribution is -2.20. The number of hydrogen-bond donors (Lipinski definition) is 0. The monoisotopic (exact) mass is 284 g/mol. The predicted octanol–water partition coefficient (Wildman–Crippen LogP) is 5.15. The van der Waals surface area contributed by atoms with E-state index in [2.05, 4.69) is 13.8 Å². The Hall–Kier alpha value is -1.96. The first-order valence-electron chi connectivity index (χ1n) is 7.40. The lowest BCUT2D eigenvalue weighted by atomic mass is 9.80. The van der Waals surface area contributed by atoms with Crippen molar-refractivity contribution in [1.29, 1.82) is 0 Å². The van der Waals surface area contributed by atoms with E-state index in [1.807, 2.05) is 30.3 Å². The number of benzene rings is 2. The lowest BCUT2D eigenvalue weighted by Gasteiger charge is -2.22. The molecule has 2 heteroatoms. The van der Waals surface area contributed by atoms with E-state index in [0.29, 0.717) is 11.1 Å². The van der Waals surface area contributed by atoms with Crippen molar-refractivity contribution in [1.82, 2.24) is 0 Å². The minimum Gasteiger partial charge on any atom is -0.293 e. The Labute approximate surface area is 125 Å². The van der Waals surface area contributed by atoms with Crippen molar-refractivity contribution < 1.29 is 9.18 Å². The van der Waals surface area contributed by atoms with Crippen LogP contribution in [0.4, 0.5) is 4.39 Å². The highest BCUT2D eigenvalue weighted by Gasteiger charge is 2.26. The second-order valence-corrected chi connectivity index (χ2v) is 5.60. The topological polar surface area (TPSA) is 17.1 Å². The van der Waals surface area contributed by atoms with Gasteiger partial charge in [-0.1, -0.05) is 50.6 Å². The molecule has 0 radical (unpaired) electrons. The zero-order valence-corrected chi connectivity index (χ0v) is 12.8. The van der Waals surface area contributed by atoms with Crippen LogP contribution in [-0.2, 0) is 0 Å². The molecule has 0 aliphatic rings. The number of hydrogen-bond acceptors (Lipinski definition) is 1. The SMILES string of the molecule is CCC(C)C(C(=O)c1ccc(F)c(C)c1)c1ccccc1. The summed E-state index contributed by atoms with van der Waals surface area (Å²) in [6, 6.07) is 14.4. The molecular formula is C19H21FO. The highest BCUT2D eigenvalue weighted by atomic mass is 19.1. The molecule has 2 aromatic carbocycles. The second-order valence-electron chi connectivity index (χ2n) is 5.60. The van der Waals surface area contributed by atoms with E-state index in [1.54, 1.807) is 19.1 Å². The summed E-state index contributed by atoms with van der Waals surface area (Å²) in [6.07, 6.45) is 0.922. The number of rotatable bonds is 5. The highest BCUT2D eigenvalue weighted by Crippen LogP contribution is 2.31. The number of carbonyl (C=O) groups excluding carboxylic acids is 1. The lowest BCUT2D eigenvalue weighted by molar-refractivity contribution is 0.0932. The molecule has 2 aromatic rings. The van der Waals surface area contributed by atoms with Gasteiger partial charge in [0.2, 0.25) is 0 Å². The molecule has 0 saturated heterocycles. The van der Waals surface area contributed by atoms with Gasteiger partial charge in [0.15, 0.2) is 5.78 Å². The van der Waals surface area contributed by atoms with Gasteiger partial charge in [0.25, 0.3) is 0 Å². The zero-order chi connectivity index (χ0) is 15.4. The summed E-state index contributed by atoms with van der Waals surface area (Å²) in [5.41, 5.74) is 2.12. The Morgan fingerprint density at radius 3 is 2.38 bits per heavy atom. The maximum absolute atomic E-state index is 13.4. The van der Waals surface area contributed by atoms with Gasteiger partial charge in [-0.3, -0.25) is 4.79 Å². The van der Waals surface area contributed by atoms with Crippen molar-refractivity contribution >= 4 is 5.78 Å². The van der Waals surface area contributed by atoms with E-state index in [-0.39, 0.29) is 23.4 Å². The zero-order valence-electron chi connectivity index (χ0n) is 12.8. The van der Waals surface area contributed by atoms with Crippen LogP contribution in [-0.4, -0.2) is 5.78 Å². The van der Waals surface area contributed by atoms with Gasteiger partial charge < -0.3 is 0 Å². The molecule has 0 heterocycles. The predicted molar refractivity (Wildman–Crippen MR) is 84.1 cm³/mol. The Balaban J connectivity index is 2.41. The van der Waals surface area contributed by atoms with Crippen LogP contribution in [0.15, 0.2) is 48.5 Å². The summed E-state index contributed by atoms with van der Waals surface area (Å²) in [6.45, 7) is 5.86. The number of carbonyl (C=O) groups is 1. The molecule has 0 fully saturated rings. The Morgan fingerprint density at radius 2 is 1.81 bits per heavy atom. The third-order valence-electron chi connectivity index (χ3n) is 4.10. The van der Waals surface area contributed by atoms with E-state index in [4.69, 9.17) is 0 Å². The fraction of sp³-hybridized carbons (Fsp3) is 0.316. The van der Waals surface area contributed by atoms with Gasteiger partial charge in [0, 0.05) is 11.5 Å². The van der Waals surface area contributed by atoms with Gasteiger partial charge >= 0.3 is 0 Å². The molecule has 0 aliphatic carbocycles. The molecule has 0 aromatic heterocycles. The summed E-state index contributed by atoms with van der Waals surface area (Å²) in [7, 11) is 0. The van der Waals surface area contributed by atoms with Crippen LogP contribution in [0.3, 0.4) is 0 Å². The number of ketones is 1. The van der Waals surface area contributed by atoms with Gasteiger partial charge in [0.1, 0.15) is 5.82 Å². The summed E-state index contributed by atoms with van der Waals surface area (Å²) < 4.78 is 13.4. The molecule has 0 N–H and O–H groups in total. The van der Waals surface area contributed by atoms with E-state index in [1.165, 1.54) is 6.07 Å². The van der Waals surface area contributed by atoms with Gasteiger partial charge in [-0.25, -0.2) is 4.39 Å². The molecule has 0 aliphatic heterocycles. The van der Waals surface area contributed by atoms with Crippen LogP contribution >= 0.6 is 0 Å². The van der Waals surface area contributed by atoms with E-state index in [9.17, 15) is 9.18 Å². The Bertz CT molecular complexity index is 619. The fourth-order valence-electron chi connectivity index (χ4n) is 2.61. The molecule has 1 nitrogen and oxygen atoms in total. The van der Waals surface area contributed by atoms with Gasteiger partial charge in [-0.15, -0.1) is 0 Å². The summed E-state index contributed by atoms with van der Waals surface area (Å²) in [4.78, 5) is 12.9. The Kier molecular flexibility index (Phi) is 4.89. The third kappa shape index (κ3) is 3.38. The average molecular weight is 284 g/mol. The first-order chi connectivity index (χ1) is 10.0. The molecule has 0 amide bonds. The first kappa shape index (κ1) is 15.4. The maximum atomic E-state index is 13.4. The third-order valence-corrected chi connectivity index (χ3v) is 4.10. The minimum absolute atomic E-state index is 0.0682. The van der Waals surface area contributed by atoms with Crippen LogP contribution in [0.1, 0.15) is 47.7 Å². The molecular weight excluding hydrogens is 263 g/mol. The Morgan fingerprint density at radius 1 is 1.14 bits per heavy atom. The van der Waals surface area contributed by atoms with Gasteiger partial charge in [-0.2, -0.15) is 0 Å². The second kappa shape index (κ2) is 6.66. The normalized spacial score (nSPS) is 13.7. The maximum Gasteiger partial charge on any atom is 0.170 e. The molecule has 2 unspecified atom stereocenters. The van der Waals surface area contributed by atoms with Crippen LogP contribution in [0, 0.1) is 18.7 Å². The largest absolute Gasteiger partial charge is 0.293 e. The molecule has 21 heavy (non-hydrogen) atoms. The van der Waals surface area contributed by atoms with Gasteiger partial charge in [-0.05, 0) is 42.2 Å². The van der Waals surface area contributed by atoms with E-state index < -0.39 is 0 Å². The summed E-state index contributed by atoms with van der Waals surface area (Å²) in [5, 5.41) is 0. The molecule has 2 rings (SSSR count). The van der Waals surface area contributed by atoms with Crippen LogP contribution in [0.25, 0.3) is 0 Å². The van der Waals surface area contributed by atoms with Crippen molar-refractivity contribution in [3.05, 3.63) is 71.0 Å². The first-order valence-corrected chi connectivity index (χ1v) is 7.40.